The Bertz CT molecular complexity index is 642. The van der Waals surface area contributed by atoms with E-state index in [4.69, 9.17) is 10.2 Å². The molecule has 0 aliphatic heterocycles. The van der Waals surface area contributed by atoms with Gasteiger partial charge in [-0.3, -0.25) is 0 Å². The molecule has 3 rings (SSSR count). The number of nitrogens with zero attached hydrogens (tertiary/aromatic N) is 2. The molecule has 21 heavy (non-hydrogen) atoms. The van der Waals surface area contributed by atoms with E-state index >= 15 is 0 Å². The molecule has 2 atom stereocenters. The van der Waals surface area contributed by atoms with Crippen LogP contribution in [0.2, 0.25) is 0 Å². The highest BCUT2D eigenvalue weighted by molar-refractivity contribution is 7.99. The third kappa shape index (κ3) is 3.48. The zero-order valence-corrected chi connectivity index (χ0v) is 13.0. The number of benzene rings is 1. The maximum absolute atomic E-state index is 8.98. The molecule has 0 spiro atoms. The highest BCUT2D eigenvalue weighted by atomic mass is 32.2. The lowest BCUT2D eigenvalue weighted by molar-refractivity contribution is 0.703. The van der Waals surface area contributed by atoms with Crippen LogP contribution in [0.25, 0.3) is 0 Å². The monoisotopic (exact) mass is 297 g/mol. The van der Waals surface area contributed by atoms with Gasteiger partial charge in [-0.05, 0) is 31.7 Å². The van der Waals surface area contributed by atoms with Crippen LogP contribution in [0.4, 0.5) is 0 Å². The Morgan fingerprint density at radius 1 is 1.33 bits per heavy atom. The summed E-state index contributed by atoms with van der Waals surface area (Å²) in [7, 11) is 0. The van der Waals surface area contributed by atoms with Crippen molar-refractivity contribution in [1.29, 1.82) is 5.26 Å². The van der Waals surface area contributed by atoms with E-state index in [-0.39, 0.29) is 5.92 Å². The summed E-state index contributed by atoms with van der Waals surface area (Å²) in [6.45, 7) is 2.09. The van der Waals surface area contributed by atoms with Crippen LogP contribution < -0.4 is 0 Å². The van der Waals surface area contributed by atoms with Crippen molar-refractivity contribution in [3.8, 4) is 6.07 Å². The zero-order valence-electron chi connectivity index (χ0n) is 12.2. The molecule has 1 aliphatic carbocycles. The maximum atomic E-state index is 8.98. The maximum Gasteiger partial charge on any atom is 0.166 e. The van der Waals surface area contributed by atoms with Crippen molar-refractivity contribution in [2.75, 3.05) is 0 Å². The van der Waals surface area contributed by atoms with Crippen LogP contribution in [0.3, 0.4) is 0 Å². The van der Waals surface area contributed by atoms with E-state index in [0.717, 1.165) is 42.2 Å². The second-order valence-electron chi connectivity index (χ2n) is 5.65. The summed E-state index contributed by atoms with van der Waals surface area (Å²) in [5, 5.41) is 10.5. The van der Waals surface area contributed by atoms with Crippen molar-refractivity contribution in [3.05, 3.63) is 47.3 Å². The van der Waals surface area contributed by atoms with E-state index in [9.17, 15) is 0 Å². The molecule has 1 fully saturated rings. The fraction of sp³-hybridized carbons (Fsp3) is 0.412. The van der Waals surface area contributed by atoms with Gasteiger partial charge < -0.3 is 4.98 Å². The van der Waals surface area contributed by atoms with Gasteiger partial charge in [0.25, 0.3) is 0 Å². The van der Waals surface area contributed by atoms with Crippen molar-refractivity contribution in [2.45, 2.75) is 43.0 Å². The molecule has 2 aromatic rings. The molecular formula is C17H19N3S. The number of nitriles is 1. The molecule has 1 N–H and O–H groups in total. The minimum atomic E-state index is 0.238. The van der Waals surface area contributed by atoms with E-state index in [1.54, 1.807) is 11.8 Å². The van der Waals surface area contributed by atoms with Crippen LogP contribution in [0, 0.1) is 24.2 Å². The Balaban J connectivity index is 1.66. The van der Waals surface area contributed by atoms with E-state index in [1.807, 2.05) is 6.07 Å². The summed E-state index contributed by atoms with van der Waals surface area (Å²) >= 11 is 1.80. The molecule has 1 aromatic carbocycles. The first-order chi connectivity index (χ1) is 10.2. The molecule has 0 amide bonds. The molecule has 108 valence electrons. The van der Waals surface area contributed by atoms with E-state index < -0.39 is 0 Å². The topological polar surface area (TPSA) is 52.5 Å². The zero-order chi connectivity index (χ0) is 14.7. The molecule has 0 saturated heterocycles. The summed E-state index contributed by atoms with van der Waals surface area (Å²) in [4.78, 5) is 8.14. The van der Waals surface area contributed by atoms with E-state index in [2.05, 4.69) is 42.2 Å². The van der Waals surface area contributed by atoms with Crippen molar-refractivity contribution in [1.82, 2.24) is 9.97 Å². The third-order valence-corrected chi connectivity index (χ3v) is 5.20. The first-order valence-electron chi connectivity index (χ1n) is 7.40. The lowest BCUT2D eigenvalue weighted by Gasteiger charge is -2.05. The Morgan fingerprint density at radius 3 is 2.86 bits per heavy atom. The smallest absolute Gasteiger partial charge is 0.166 e. The minimum Gasteiger partial charge on any atom is -0.337 e. The summed E-state index contributed by atoms with van der Waals surface area (Å²) in [6, 6.07) is 12.8. The molecule has 0 radical (unpaired) electrons. The quantitative estimate of drug-likeness (QED) is 0.924. The lowest BCUT2D eigenvalue weighted by atomic mass is 10.1. The average molecular weight is 297 g/mol. The van der Waals surface area contributed by atoms with Crippen LogP contribution >= 0.6 is 11.8 Å². The summed E-state index contributed by atoms with van der Waals surface area (Å²) in [5.74, 6) is 0.238. The SMILES string of the molecule is Cc1[nH]c(SC2CCC(C#N)C2)nc1Cc1ccccc1. The molecule has 1 aromatic heterocycles. The van der Waals surface area contributed by atoms with Crippen molar-refractivity contribution in [3.63, 3.8) is 0 Å². The predicted molar refractivity (Wildman–Crippen MR) is 85.2 cm³/mol. The molecule has 1 aliphatic rings. The largest absolute Gasteiger partial charge is 0.337 e. The Morgan fingerprint density at radius 2 is 2.14 bits per heavy atom. The van der Waals surface area contributed by atoms with Crippen molar-refractivity contribution >= 4 is 11.8 Å². The number of imidazole rings is 1. The minimum absolute atomic E-state index is 0.238. The molecular weight excluding hydrogens is 278 g/mol. The fourth-order valence-corrected chi connectivity index (χ4v) is 4.08. The Labute approximate surface area is 129 Å². The van der Waals surface area contributed by atoms with Crippen LogP contribution in [0.1, 0.15) is 36.2 Å². The number of aryl methyl sites for hydroxylation is 1. The van der Waals surface area contributed by atoms with Gasteiger partial charge in [0, 0.05) is 23.3 Å². The van der Waals surface area contributed by atoms with Gasteiger partial charge in [0.1, 0.15) is 0 Å². The number of nitrogens with one attached hydrogen (secondary N) is 1. The van der Waals surface area contributed by atoms with Gasteiger partial charge in [-0.2, -0.15) is 5.26 Å². The van der Waals surface area contributed by atoms with Crippen LogP contribution in [-0.4, -0.2) is 15.2 Å². The number of thioether (sulfide) groups is 1. The lowest BCUT2D eigenvalue weighted by Crippen LogP contribution is -1.97. The van der Waals surface area contributed by atoms with Crippen molar-refractivity contribution < 1.29 is 0 Å². The number of rotatable bonds is 4. The number of aromatic amines is 1. The molecule has 1 heterocycles. The van der Waals surface area contributed by atoms with Gasteiger partial charge >= 0.3 is 0 Å². The van der Waals surface area contributed by atoms with Gasteiger partial charge in [0.2, 0.25) is 0 Å². The normalized spacial score (nSPS) is 21.3. The Kier molecular flexibility index (Phi) is 4.31. The predicted octanol–water partition coefficient (Wildman–Crippen LogP) is 4.09. The first kappa shape index (κ1) is 14.2. The molecule has 1 saturated carbocycles. The second-order valence-corrected chi connectivity index (χ2v) is 6.94. The number of H-pyrrole nitrogens is 1. The first-order valence-corrected chi connectivity index (χ1v) is 8.28. The Hall–Kier alpha value is -1.73. The average Bonchev–Trinajstić information content (AvgIpc) is 3.08. The fourth-order valence-electron chi connectivity index (χ4n) is 2.81. The van der Waals surface area contributed by atoms with Gasteiger partial charge in [-0.15, -0.1) is 0 Å². The number of aromatic nitrogens is 2. The van der Waals surface area contributed by atoms with Gasteiger partial charge in [-0.1, -0.05) is 42.1 Å². The molecule has 0 bridgehead atoms. The van der Waals surface area contributed by atoms with Crippen LogP contribution in [-0.2, 0) is 6.42 Å². The van der Waals surface area contributed by atoms with E-state index in [0.29, 0.717) is 5.25 Å². The van der Waals surface area contributed by atoms with Crippen molar-refractivity contribution in [2.24, 2.45) is 5.92 Å². The number of hydrogen-bond acceptors (Lipinski definition) is 3. The van der Waals surface area contributed by atoms with Crippen LogP contribution in [0.15, 0.2) is 35.5 Å². The second kappa shape index (κ2) is 6.36. The summed E-state index contributed by atoms with van der Waals surface area (Å²) in [6.07, 6.45) is 4.02. The highest BCUT2D eigenvalue weighted by Gasteiger charge is 2.26. The summed E-state index contributed by atoms with van der Waals surface area (Å²) < 4.78 is 0. The van der Waals surface area contributed by atoms with Gasteiger partial charge in [0.15, 0.2) is 5.16 Å². The van der Waals surface area contributed by atoms with E-state index in [1.165, 1.54) is 5.56 Å². The highest BCUT2D eigenvalue weighted by Crippen LogP contribution is 2.36. The van der Waals surface area contributed by atoms with Gasteiger partial charge in [0.05, 0.1) is 11.8 Å². The van der Waals surface area contributed by atoms with Gasteiger partial charge in [-0.25, -0.2) is 4.98 Å². The third-order valence-electron chi connectivity index (χ3n) is 4.02. The molecule has 4 heteroatoms. The van der Waals surface area contributed by atoms with Crippen LogP contribution in [0.5, 0.6) is 0 Å². The number of hydrogen-bond donors (Lipinski definition) is 1. The molecule has 3 nitrogen and oxygen atoms in total. The summed E-state index contributed by atoms with van der Waals surface area (Å²) in [5.41, 5.74) is 3.56. The molecule has 2 unspecified atom stereocenters. The standard InChI is InChI=1S/C17H19N3S/c1-12-16(10-13-5-3-2-4-6-13)20-17(19-12)21-15-8-7-14(9-15)11-18/h2-6,14-15H,7-10H2,1H3,(H,19,20).